The Morgan fingerprint density at radius 2 is 2.00 bits per heavy atom. The molecule has 0 aliphatic heterocycles. The van der Waals surface area contributed by atoms with Crippen LogP contribution in [0.1, 0.15) is 19.8 Å². The fraction of sp³-hybridized carbons (Fsp3) is 0.750. The second kappa shape index (κ2) is 6.56. The lowest BCUT2D eigenvalue weighted by atomic mass is 10.1. The summed E-state index contributed by atoms with van der Waals surface area (Å²) in [5.74, 6) is -2.20. The summed E-state index contributed by atoms with van der Waals surface area (Å²) in [6.45, 7) is 0.923. The van der Waals surface area contributed by atoms with Gasteiger partial charge in [0.15, 0.2) is 0 Å². The molecule has 0 rings (SSSR count). The first-order chi connectivity index (χ1) is 6.15. The smallest absolute Gasteiger partial charge is 0.319 e. The van der Waals surface area contributed by atoms with Crippen molar-refractivity contribution in [3.05, 3.63) is 0 Å². The standard InChI is InChI=1S/C8H14O5/c1-2-7(11)13-8(12)6(5-10)3-4-9/h6,9-10H,2-5H2,1H3. The van der Waals surface area contributed by atoms with E-state index in [0.29, 0.717) is 0 Å². The number of ether oxygens (including phenoxy) is 1. The van der Waals surface area contributed by atoms with Crippen molar-refractivity contribution in [2.24, 2.45) is 5.92 Å². The first kappa shape index (κ1) is 12.1. The lowest BCUT2D eigenvalue weighted by Crippen LogP contribution is -2.24. The zero-order valence-electron chi connectivity index (χ0n) is 7.52. The predicted molar refractivity (Wildman–Crippen MR) is 43.7 cm³/mol. The van der Waals surface area contributed by atoms with Crippen LogP contribution in [0.4, 0.5) is 0 Å². The molecule has 0 amide bonds. The van der Waals surface area contributed by atoms with Gasteiger partial charge in [0.1, 0.15) is 0 Å². The van der Waals surface area contributed by atoms with E-state index in [1.807, 2.05) is 0 Å². The average molecular weight is 190 g/mol. The Labute approximate surface area is 76.3 Å². The van der Waals surface area contributed by atoms with Crippen LogP contribution in [0.5, 0.6) is 0 Å². The van der Waals surface area contributed by atoms with E-state index in [0.717, 1.165) is 0 Å². The number of carbonyl (C=O) groups excluding carboxylic acids is 2. The van der Waals surface area contributed by atoms with E-state index in [-0.39, 0.29) is 19.4 Å². The van der Waals surface area contributed by atoms with Crippen molar-refractivity contribution in [3.63, 3.8) is 0 Å². The molecule has 0 bridgehead atoms. The Morgan fingerprint density at radius 3 is 2.38 bits per heavy atom. The van der Waals surface area contributed by atoms with E-state index in [4.69, 9.17) is 10.2 Å². The fourth-order valence-electron chi connectivity index (χ4n) is 0.707. The fourth-order valence-corrected chi connectivity index (χ4v) is 0.707. The lowest BCUT2D eigenvalue weighted by molar-refractivity contribution is -0.163. The Kier molecular flexibility index (Phi) is 6.09. The quantitative estimate of drug-likeness (QED) is 0.449. The first-order valence-corrected chi connectivity index (χ1v) is 4.11. The summed E-state index contributed by atoms with van der Waals surface area (Å²) in [6, 6.07) is 0. The van der Waals surface area contributed by atoms with Gasteiger partial charge in [0.2, 0.25) is 0 Å². The molecule has 76 valence electrons. The summed E-state index contributed by atoms with van der Waals surface area (Å²) in [5.41, 5.74) is 0. The molecule has 5 nitrogen and oxygen atoms in total. The van der Waals surface area contributed by atoms with E-state index in [2.05, 4.69) is 4.74 Å². The van der Waals surface area contributed by atoms with Crippen molar-refractivity contribution in [2.45, 2.75) is 19.8 Å². The molecule has 0 aliphatic rings. The van der Waals surface area contributed by atoms with Crippen molar-refractivity contribution in [3.8, 4) is 0 Å². The molecule has 0 aromatic carbocycles. The topological polar surface area (TPSA) is 83.8 Å². The summed E-state index contributed by atoms with van der Waals surface area (Å²) in [5, 5.41) is 17.2. The monoisotopic (exact) mass is 190 g/mol. The van der Waals surface area contributed by atoms with Crippen LogP contribution in [0.3, 0.4) is 0 Å². The molecule has 0 aromatic heterocycles. The minimum Gasteiger partial charge on any atom is -0.396 e. The molecule has 1 unspecified atom stereocenters. The van der Waals surface area contributed by atoms with Crippen molar-refractivity contribution in [1.29, 1.82) is 0 Å². The van der Waals surface area contributed by atoms with Crippen molar-refractivity contribution < 1.29 is 24.5 Å². The number of aliphatic hydroxyl groups excluding tert-OH is 2. The van der Waals surface area contributed by atoms with Gasteiger partial charge in [-0.05, 0) is 6.42 Å². The Morgan fingerprint density at radius 1 is 1.38 bits per heavy atom. The van der Waals surface area contributed by atoms with Crippen LogP contribution in [0.15, 0.2) is 0 Å². The molecule has 0 aliphatic carbocycles. The van der Waals surface area contributed by atoms with Gasteiger partial charge in [-0.15, -0.1) is 0 Å². The molecule has 13 heavy (non-hydrogen) atoms. The SMILES string of the molecule is CCC(=O)OC(=O)C(CO)CCO. The third kappa shape index (κ3) is 4.59. The van der Waals surface area contributed by atoms with Crippen molar-refractivity contribution >= 4 is 11.9 Å². The first-order valence-electron chi connectivity index (χ1n) is 4.11. The van der Waals surface area contributed by atoms with Gasteiger partial charge in [0.05, 0.1) is 12.5 Å². The van der Waals surface area contributed by atoms with Crippen LogP contribution < -0.4 is 0 Å². The number of carbonyl (C=O) groups is 2. The maximum Gasteiger partial charge on any atom is 0.319 e. The van der Waals surface area contributed by atoms with E-state index in [1.165, 1.54) is 0 Å². The van der Waals surface area contributed by atoms with Crippen molar-refractivity contribution in [2.75, 3.05) is 13.2 Å². The second-order valence-corrected chi connectivity index (χ2v) is 2.54. The highest BCUT2D eigenvalue weighted by Crippen LogP contribution is 2.04. The van der Waals surface area contributed by atoms with E-state index < -0.39 is 24.5 Å². The minimum absolute atomic E-state index is 0.103. The minimum atomic E-state index is -0.805. The Balaban J connectivity index is 3.98. The zero-order valence-corrected chi connectivity index (χ0v) is 7.52. The summed E-state index contributed by atoms with van der Waals surface area (Å²) in [4.78, 5) is 21.7. The molecule has 5 heteroatoms. The van der Waals surface area contributed by atoms with Crippen LogP contribution in [0.25, 0.3) is 0 Å². The molecule has 2 N–H and O–H groups in total. The third-order valence-electron chi connectivity index (χ3n) is 1.53. The third-order valence-corrected chi connectivity index (χ3v) is 1.53. The molecule has 0 saturated carbocycles. The summed E-state index contributed by atoms with van der Waals surface area (Å²) >= 11 is 0. The number of hydrogen-bond acceptors (Lipinski definition) is 5. The van der Waals surface area contributed by atoms with Gasteiger partial charge in [-0.3, -0.25) is 9.59 Å². The van der Waals surface area contributed by atoms with Gasteiger partial charge in [0.25, 0.3) is 0 Å². The largest absolute Gasteiger partial charge is 0.396 e. The maximum atomic E-state index is 11.0. The lowest BCUT2D eigenvalue weighted by Gasteiger charge is -2.09. The van der Waals surface area contributed by atoms with Crippen LogP contribution in [0.2, 0.25) is 0 Å². The van der Waals surface area contributed by atoms with Gasteiger partial charge in [-0.1, -0.05) is 6.92 Å². The number of rotatable bonds is 5. The predicted octanol–water partition coefficient (Wildman–Crippen LogP) is -0.543. The normalized spacial score (nSPS) is 12.2. The van der Waals surface area contributed by atoms with E-state index in [9.17, 15) is 9.59 Å². The maximum absolute atomic E-state index is 11.0. The molecule has 0 spiro atoms. The Bertz CT molecular complexity index is 177. The number of hydrogen-bond donors (Lipinski definition) is 2. The van der Waals surface area contributed by atoms with Crippen LogP contribution in [-0.4, -0.2) is 35.4 Å². The highest BCUT2D eigenvalue weighted by Gasteiger charge is 2.20. The zero-order chi connectivity index (χ0) is 10.3. The summed E-state index contributed by atoms with van der Waals surface area (Å²) < 4.78 is 4.36. The van der Waals surface area contributed by atoms with E-state index >= 15 is 0 Å². The average Bonchev–Trinajstić information content (AvgIpc) is 2.13. The van der Waals surface area contributed by atoms with Gasteiger partial charge in [0, 0.05) is 13.0 Å². The van der Waals surface area contributed by atoms with Crippen LogP contribution >= 0.6 is 0 Å². The number of aliphatic hydroxyl groups is 2. The molecule has 0 heterocycles. The van der Waals surface area contributed by atoms with Crippen LogP contribution in [0, 0.1) is 5.92 Å². The summed E-state index contributed by atoms with van der Waals surface area (Å²) in [7, 11) is 0. The molecule has 0 radical (unpaired) electrons. The van der Waals surface area contributed by atoms with Gasteiger partial charge < -0.3 is 14.9 Å². The summed E-state index contributed by atoms with van der Waals surface area (Å²) in [6.07, 6.45) is 0.218. The molecular formula is C8H14O5. The van der Waals surface area contributed by atoms with Gasteiger partial charge in [-0.2, -0.15) is 0 Å². The Hall–Kier alpha value is -0.940. The highest BCUT2D eigenvalue weighted by molar-refractivity contribution is 5.86. The second-order valence-electron chi connectivity index (χ2n) is 2.54. The van der Waals surface area contributed by atoms with Gasteiger partial charge in [-0.25, -0.2) is 0 Å². The molecule has 0 fully saturated rings. The van der Waals surface area contributed by atoms with Crippen LogP contribution in [-0.2, 0) is 14.3 Å². The molecule has 0 aromatic rings. The van der Waals surface area contributed by atoms with Crippen molar-refractivity contribution in [1.82, 2.24) is 0 Å². The molecule has 0 saturated heterocycles. The molecular weight excluding hydrogens is 176 g/mol. The number of esters is 2. The van der Waals surface area contributed by atoms with E-state index in [1.54, 1.807) is 6.92 Å². The highest BCUT2D eigenvalue weighted by atomic mass is 16.6. The molecule has 1 atom stereocenters. The van der Waals surface area contributed by atoms with Gasteiger partial charge >= 0.3 is 11.9 Å².